The molecule has 2 rings (SSSR count). The number of benzene rings is 1. The summed E-state index contributed by atoms with van der Waals surface area (Å²) in [7, 11) is 0. The molecule has 0 aromatic heterocycles. The van der Waals surface area contributed by atoms with Gasteiger partial charge in [-0.05, 0) is 29.7 Å². The molecule has 1 saturated heterocycles. The standard InChI is InChI=1S/C19H25NO3/c1-18(2,3)14-11-15(21)20(17(14)23)13-9-7-12(8-10-13)16(22)19(4,5)6/h7-10,14H,11H2,1-6H3. The predicted octanol–water partition coefficient (Wildman–Crippen LogP) is 3.84. The number of ketones is 1. The maximum absolute atomic E-state index is 12.6. The number of hydrogen-bond donors (Lipinski definition) is 0. The molecule has 0 bridgehead atoms. The SMILES string of the molecule is CC(C)(C)C(=O)c1ccc(N2C(=O)CC(C(C)(C)C)C2=O)cc1. The third-order valence-corrected chi connectivity index (χ3v) is 4.26. The Morgan fingerprint density at radius 3 is 1.91 bits per heavy atom. The number of carbonyl (C=O) groups is 3. The van der Waals surface area contributed by atoms with E-state index >= 15 is 0 Å². The number of anilines is 1. The lowest BCUT2D eigenvalue weighted by Gasteiger charge is -2.25. The fraction of sp³-hybridized carbons (Fsp3) is 0.526. The highest BCUT2D eigenvalue weighted by atomic mass is 16.2. The van der Waals surface area contributed by atoms with Crippen LogP contribution in [0.25, 0.3) is 0 Å². The summed E-state index contributed by atoms with van der Waals surface area (Å²) in [5.41, 5.74) is 0.423. The molecule has 0 saturated carbocycles. The largest absolute Gasteiger partial charge is 0.294 e. The third-order valence-electron chi connectivity index (χ3n) is 4.26. The molecule has 1 atom stereocenters. The van der Waals surface area contributed by atoms with Crippen molar-refractivity contribution in [1.29, 1.82) is 0 Å². The van der Waals surface area contributed by atoms with Crippen LogP contribution in [-0.2, 0) is 9.59 Å². The van der Waals surface area contributed by atoms with E-state index in [2.05, 4.69) is 0 Å². The van der Waals surface area contributed by atoms with E-state index < -0.39 is 5.41 Å². The van der Waals surface area contributed by atoms with Crippen LogP contribution in [0.2, 0.25) is 0 Å². The summed E-state index contributed by atoms with van der Waals surface area (Å²) in [4.78, 5) is 38.4. The van der Waals surface area contributed by atoms with Gasteiger partial charge >= 0.3 is 0 Å². The van der Waals surface area contributed by atoms with Crippen molar-refractivity contribution in [3.8, 4) is 0 Å². The van der Waals surface area contributed by atoms with Crippen molar-refractivity contribution in [2.45, 2.75) is 48.0 Å². The van der Waals surface area contributed by atoms with Crippen LogP contribution in [0.15, 0.2) is 24.3 Å². The van der Waals surface area contributed by atoms with Gasteiger partial charge in [-0.3, -0.25) is 19.3 Å². The molecule has 4 nitrogen and oxygen atoms in total. The number of amides is 2. The van der Waals surface area contributed by atoms with Crippen LogP contribution < -0.4 is 4.90 Å². The molecule has 23 heavy (non-hydrogen) atoms. The minimum Gasteiger partial charge on any atom is -0.294 e. The Bertz CT molecular complexity index is 645. The van der Waals surface area contributed by atoms with Crippen molar-refractivity contribution in [3.63, 3.8) is 0 Å². The number of imide groups is 1. The molecule has 0 aliphatic carbocycles. The molecule has 1 unspecified atom stereocenters. The van der Waals surface area contributed by atoms with Gasteiger partial charge in [0, 0.05) is 17.4 Å². The first-order chi connectivity index (χ1) is 10.4. The van der Waals surface area contributed by atoms with E-state index in [1.165, 1.54) is 4.90 Å². The van der Waals surface area contributed by atoms with Crippen molar-refractivity contribution < 1.29 is 14.4 Å². The number of Topliss-reactive ketones (excluding diaryl/α,β-unsaturated/α-hetero) is 1. The van der Waals surface area contributed by atoms with E-state index in [9.17, 15) is 14.4 Å². The lowest BCUT2D eigenvalue weighted by Crippen LogP contribution is -2.34. The normalized spacial score (nSPS) is 19.4. The van der Waals surface area contributed by atoms with Crippen molar-refractivity contribution in [2.24, 2.45) is 16.7 Å². The fourth-order valence-electron chi connectivity index (χ4n) is 2.77. The first-order valence-corrected chi connectivity index (χ1v) is 7.94. The Labute approximate surface area is 137 Å². The second-order valence-electron chi connectivity index (χ2n) is 8.32. The molecule has 4 heteroatoms. The van der Waals surface area contributed by atoms with Crippen LogP contribution in [0.1, 0.15) is 58.3 Å². The van der Waals surface area contributed by atoms with Gasteiger partial charge in [0.15, 0.2) is 5.78 Å². The molecule has 1 aliphatic heterocycles. The Kier molecular flexibility index (Phi) is 4.22. The van der Waals surface area contributed by atoms with Crippen molar-refractivity contribution in [1.82, 2.24) is 0 Å². The van der Waals surface area contributed by atoms with Crippen molar-refractivity contribution in [2.75, 3.05) is 4.90 Å². The van der Waals surface area contributed by atoms with E-state index in [0.29, 0.717) is 11.3 Å². The average Bonchev–Trinajstić information content (AvgIpc) is 2.72. The maximum Gasteiger partial charge on any atom is 0.237 e. The van der Waals surface area contributed by atoms with Gasteiger partial charge in [-0.15, -0.1) is 0 Å². The van der Waals surface area contributed by atoms with Gasteiger partial charge < -0.3 is 0 Å². The molecule has 0 N–H and O–H groups in total. The zero-order chi connectivity index (χ0) is 17.6. The number of hydrogen-bond acceptors (Lipinski definition) is 3. The molecule has 0 radical (unpaired) electrons. The number of carbonyl (C=O) groups excluding carboxylic acids is 3. The zero-order valence-electron chi connectivity index (χ0n) is 14.8. The van der Waals surface area contributed by atoms with Gasteiger partial charge in [-0.2, -0.15) is 0 Å². The first-order valence-electron chi connectivity index (χ1n) is 7.94. The van der Waals surface area contributed by atoms with E-state index in [1.54, 1.807) is 24.3 Å². The Hall–Kier alpha value is -1.97. The zero-order valence-corrected chi connectivity index (χ0v) is 14.8. The van der Waals surface area contributed by atoms with Gasteiger partial charge in [-0.25, -0.2) is 0 Å². The Morgan fingerprint density at radius 1 is 1.00 bits per heavy atom. The van der Waals surface area contributed by atoms with Gasteiger partial charge in [0.25, 0.3) is 0 Å². The van der Waals surface area contributed by atoms with E-state index in [1.807, 2.05) is 41.5 Å². The Morgan fingerprint density at radius 2 is 1.52 bits per heavy atom. The molecule has 1 aliphatic rings. The molecule has 0 spiro atoms. The maximum atomic E-state index is 12.6. The topological polar surface area (TPSA) is 54.5 Å². The quantitative estimate of drug-likeness (QED) is 0.615. The van der Waals surface area contributed by atoms with Crippen molar-refractivity contribution >= 4 is 23.3 Å². The lowest BCUT2D eigenvalue weighted by molar-refractivity contribution is -0.123. The molecule has 1 heterocycles. The summed E-state index contributed by atoms with van der Waals surface area (Å²) in [6.07, 6.45) is 0.241. The van der Waals surface area contributed by atoms with Gasteiger partial charge in [0.2, 0.25) is 11.8 Å². The highest BCUT2D eigenvalue weighted by molar-refractivity contribution is 6.21. The second-order valence-corrected chi connectivity index (χ2v) is 8.32. The smallest absolute Gasteiger partial charge is 0.237 e. The second kappa shape index (κ2) is 5.59. The molecular formula is C19H25NO3. The summed E-state index contributed by atoms with van der Waals surface area (Å²) in [5, 5.41) is 0. The molecule has 1 fully saturated rings. The molecule has 1 aromatic carbocycles. The molecule has 124 valence electrons. The predicted molar refractivity (Wildman–Crippen MR) is 90.3 cm³/mol. The monoisotopic (exact) mass is 315 g/mol. The number of rotatable bonds is 2. The lowest BCUT2D eigenvalue weighted by atomic mass is 9.80. The summed E-state index contributed by atoms with van der Waals surface area (Å²) < 4.78 is 0. The van der Waals surface area contributed by atoms with E-state index in [0.717, 1.165) is 0 Å². The highest BCUT2D eigenvalue weighted by Gasteiger charge is 2.45. The molecule has 2 amide bonds. The summed E-state index contributed by atoms with van der Waals surface area (Å²) in [6.45, 7) is 11.5. The van der Waals surface area contributed by atoms with Gasteiger partial charge in [-0.1, -0.05) is 41.5 Å². The van der Waals surface area contributed by atoms with Crippen LogP contribution in [0, 0.1) is 16.7 Å². The number of nitrogens with zero attached hydrogens (tertiary/aromatic N) is 1. The summed E-state index contributed by atoms with van der Waals surface area (Å²) in [6, 6.07) is 6.74. The minimum absolute atomic E-state index is 0.0377. The summed E-state index contributed by atoms with van der Waals surface area (Å²) >= 11 is 0. The Balaban J connectivity index is 2.28. The van der Waals surface area contributed by atoms with Crippen LogP contribution in [0.3, 0.4) is 0 Å². The minimum atomic E-state index is -0.460. The third kappa shape index (κ3) is 3.36. The molecule has 1 aromatic rings. The van der Waals surface area contributed by atoms with E-state index in [-0.39, 0.29) is 35.4 Å². The van der Waals surface area contributed by atoms with Gasteiger partial charge in [0.1, 0.15) is 0 Å². The highest BCUT2D eigenvalue weighted by Crippen LogP contribution is 2.37. The van der Waals surface area contributed by atoms with Crippen LogP contribution in [-0.4, -0.2) is 17.6 Å². The van der Waals surface area contributed by atoms with Crippen LogP contribution in [0.4, 0.5) is 5.69 Å². The molecular weight excluding hydrogens is 290 g/mol. The van der Waals surface area contributed by atoms with Gasteiger partial charge in [0.05, 0.1) is 11.6 Å². The van der Waals surface area contributed by atoms with E-state index in [4.69, 9.17) is 0 Å². The average molecular weight is 315 g/mol. The van der Waals surface area contributed by atoms with Crippen LogP contribution in [0.5, 0.6) is 0 Å². The first kappa shape index (κ1) is 17.4. The summed E-state index contributed by atoms with van der Waals surface area (Å²) in [5.74, 6) is -0.594. The van der Waals surface area contributed by atoms with Crippen LogP contribution >= 0.6 is 0 Å². The fourth-order valence-corrected chi connectivity index (χ4v) is 2.77. The van der Waals surface area contributed by atoms with Crippen molar-refractivity contribution in [3.05, 3.63) is 29.8 Å².